The Morgan fingerprint density at radius 2 is 1.78 bits per heavy atom. The van der Waals surface area contributed by atoms with Gasteiger partial charge in [0.1, 0.15) is 17.7 Å². The Morgan fingerprint density at radius 3 is 2.52 bits per heavy atom. The van der Waals surface area contributed by atoms with E-state index in [2.05, 4.69) is 11.1 Å². The molecular formula is C22H16N2O2S. The fourth-order valence-electron chi connectivity index (χ4n) is 2.82. The lowest BCUT2D eigenvalue weighted by Gasteiger charge is -2.13. The van der Waals surface area contributed by atoms with Crippen LogP contribution in [0.3, 0.4) is 0 Å². The van der Waals surface area contributed by atoms with Crippen molar-refractivity contribution in [1.29, 1.82) is 5.26 Å². The molecule has 0 spiro atoms. The van der Waals surface area contributed by atoms with Crippen molar-refractivity contribution in [3.63, 3.8) is 0 Å². The number of hydrogen-bond acceptors (Lipinski definition) is 5. The van der Waals surface area contributed by atoms with Crippen LogP contribution in [-0.2, 0) is 6.61 Å². The number of fused-ring (bicyclic) bond motifs is 1. The first-order valence-electron chi connectivity index (χ1n) is 8.43. The molecule has 0 atom stereocenters. The smallest absolute Gasteiger partial charge is 0.162 e. The Balaban J connectivity index is 1.75. The van der Waals surface area contributed by atoms with Crippen LogP contribution in [0.25, 0.3) is 20.8 Å². The Bertz CT molecular complexity index is 1100. The van der Waals surface area contributed by atoms with E-state index in [0.717, 1.165) is 26.4 Å². The average molecular weight is 372 g/mol. The van der Waals surface area contributed by atoms with Crippen LogP contribution in [0.2, 0.25) is 0 Å². The first kappa shape index (κ1) is 17.1. The quantitative estimate of drug-likeness (QED) is 0.469. The first-order valence-corrected chi connectivity index (χ1v) is 9.25. The van der Waals surface area contributed by atoms with Crippen molar-refractivity contribution in [2.45, 2.75) is 6.61 Å². The fourth-order valence-corrected chi connectivity index (χ4v) is 3.82. The second kappa shape index (κ2) is 7.48. The number of aromatic nitrogens is 1. The van der Waals surface area contributed by atoms with Gasteiger partial charge >= 0.3 is 0 Å². The number of hydrogen-bond donors (Lipinski definition) is 0. The van der Waals surface area contributed by atoms with Crippen LogP contribution in [0.4, 0.5) is 0 Å². The van der Waals surface area contributed by atoms with Gasteiger partial charge in [-0.2, -0.15) is 5.26 Å². The summed E-state index contributed by atoms with van der Waals surface area (Å²) in [4.78, 5) is 4.68. The van der Waals surface area contributed by atoms with Crippen molar-refractivity contribution in [1.82, 2.24) is 4.98 Å². The zero-order valence-corrected chi connectivity index (χ0v) is 15.5. The molecule has 3 aromatic carbocycles. The molecule has 0 aliphatic heterocycles. The molecule has 0 aliphatic rings. The third-order valence-corrected chi connectivity index (χ3v) is 5.26. The molecule has 0 aliphatic carbocycles. The first-order chi connectivity index (χ1) is 13.3. The second-order valence-corrected chi connectivity index (χ2v) is 6.95. The molecule has 4 aromatic rings. The van der Waals surface area contributed by atoms with Crippen LogP contribution in [0, 0.1) is 11.3 Å². The highest BCUT2D eigenvalue weighted by Crippen LogP contribution is 2.38. The Morgan fingerprint density at radius 1 is 1.00 bits per heavy atom. The van der Waals surface area contributed by atoms with Gasteiger partial charge in [-0.05, 0) is 23.8 Å². The zero-order valence-electron chi connectivity index (χ0n) is 14.7. The highest BCUT2D eigenvalue weighted by Gasteiger charge is 2.16. The standard InChI is InChI=1S/C22H16N2O2S/c1-25-19-11-16(13-23)17(22-24-18-9-5-6-10-21(18)27-22)12-20(19)26-14-15-7-3-2-4-8-15/h2-12H,14H2,1H3. The molecule has 0 saturated carbocycles. The normalized spacial score (nSPS) is 10.5. The van der Waals surface area contributed by atoms with E-state index in [9.17, 15) is 5.26 Å². The number of ether oxygens (including phenoxy) is 2. The summed E-state index contributed by atoms with van der Waals surface area (Å²) in [6.07, 6.45) is 0. The van der Waals surface area contributed by atoms with E-state index in [1.807, 2.05) is 60.7 Å². The summed E-state index contributed by atoms with van der Waals surface area (Å²) in [5, 5.41) is 10.4. The predicted molar refractivity (Wildman–Crippen MR) is 107 cm³/mol. The molecule has 0 amide bonds. The summed E-state index contributed by atoms with van der Waals surface area (Å²) in [6, 6.07) is 23.7. The van der Waals surface area contributed by atoms with E-state index >= 15 is 0 Å². The van der Waals surface area contributed by atoms with Gasteiger partial charge in [0.15, 0.2) is 11.5 Å². The lowest BCUT2D eigenvalue weighted by molar-refractivity contribution is 0.284. The summed E-state index contributed by atoms with van der Waals surface area (Å²) in [7, 11) is 1.57. The van der Waals surface area contributed by atoms with Crippen molar-refractivity contribution in [3.8, 4) is 28.1 Å². The molecule has 1 heterocycles. The molecule has 5 heteroatoms. The summed E-state index contributed by atoms with van der Waals surface area (Å²) >= 11 is 1.56. The molecule has 0 bridgehead atoms. The van der Waals surface area contributed by atoms with Gasteiger partial charge in [-0.3, -0.25) is 0 Å². The number of nitrogens with zero attached hydrogens (tertiary/aromatic N) is 2. The van der Waals surface area contributed by atoms with E-state index in [-0.39, 0.29) is 0 Å². The van der Waals surface area contributed by atoms with Crippen LogP contribution in [0.15, 0.2) is 66.7 Å². The highest BCUT2D eigenvalue weighted by atomic mass is 32.1. The molecule has 132 valence electrons. The number of benzene rings is 3. The fraction of sp³-hybridized carbons (Fsp3) is 0.0909. The largest absolute Gasteiger partial charge is 0.493 e. The van der Waals surface area contributed by atoms with E-state index in [4.69, 9.17) is 9.47 Å². The maximum Gasteiger partial charge on any atom is 0.162 e. The van der Waals surface area contributed by atoms with Gasteiger partial charge in [0.2, 0.25) is 0 Å². The number of para-hydroxylation sites is 1. The van der Waals surface area contributed by atoms with Gasteiger partial charge in [0.05, 0.1) is 22.9 Å². The van der Waals surface area contributed by atoms with Crippen LogP contribution < -0.4 is 9.47 Å². The summed E-state index contributed by atoms with van der Waals surface area (Å²) in [6.45, 7) is 0.419. The van der Waals surface area contributed by atoms with E-state index in [1.54, 1.807) is 24.5 Å². The Hall–Kier alpha value is -3.36. The number of thiazole rings is 1. The molecule has 27 heavy (non-hydrogen) atoms. The van der Waals surface area contributed by atoms with Crippen LogP contribution in [0.5, 0.6) is 11.5 Å². The van der Waals surface area contributed by atoms with E-state index < -0.39 is 0 Å². The van der Waals surface area contributed by atoms with Gasteiger partial charge in [-0.25, -0.2) is 4.98 Å². The molecule has 0 fully saturated rings. The molecule has 1 aromatic heterocycles. The monoisotopic (exact) mass is 372 g/mol. The van der Waals surface area contributed by atoms with Crippen LogP contribution in [0.1, 0.15) is 11.1 Å². The maximum atomic E-state index is 9.60. The van der Waals surface area contributed by atoms with Crippen molar-refractivity contribution < 1.29 is 9.47 Å². The Kier molecular flexibility index (Phi) is 4.73. The van der Waals surface area contributed by atoms with Crippen molar-refractivity contribution >= 4 is 21.6 Å². The summed E-state index contributed by atoms with van der Waals surface area (Å²) in [5.41, 5.74) is 3.25. The summed E-state index contributed by atoms with van der Waals surface area (Å²) in [5.74, 6) is 1.13. The Labute approximate surface area is 161 Å². The molecule has 0 radical (unpaired) electrons. The lowest BCUT2D eigenvalue weighted by Crippen LogP contribution is -1.99. The molecule has 0 saturated heterocycles. The van der Waals surface area contributed by atoms with E-state index in [1.165, 1.54) is 0 Å². The minimum atomic E-state index is 0.419. The topological polar surface area (TPSA) is 55.1 Å². The zero-order chi connectivity index (χ0) is 18.6. The average Bonchev–Trinajstić information content (AvgIpc) is 3.16. The molecule has 0 unspecified atom stereocenters. The molecule has 4 rings (SSSR count). The number of methoxy groups -OCH3 is 1. The number of rotatable bonds is 5. The van der Waals surface area contributed by atoms with Crippen LogP contribution in [-0.4, -0.2) is 12.1 Å². The second-order valence-electron chi connectivity index (χ2n) is 5.92. The third kappa shape index (κ3) is 3.48. The molecular weight excluding hydrogens is 356 g/mol. The highest BCUT2D eigenvalue weighted by molar-refractivity contribution is 7.21. The number of nitriles is 1. The third-order valence-electron chi connectivity index (χ3n) is 4.19. The summed E-state index contributed by atoms with van der Waals surface area (Å²) < 4.78 is 12.5. The van der Waals surface area contributed by atoms with Gasteiger partial charge in [-0.15, -0.1) is 11.3 Å². The van der Waals surface area contributed by atoms with Gasteiger partial charge in [-0.1, -0.05) is 42.5 Å². The van der Waals surface area contributed by atoms with Gasteiger partial charge in [0.25, 0.3) is 0 Å². The molecule has 0 N–H and O–H groups in total. The van der Waals surface area contributed by atoms with Crippen molar-refractivity contribution in [2.75, 3.05) is 7.11 Å². The maximum absolute atomic E-state index is 9.60. The van der Waals surface area contributed by atoms with E-state index in [0.29, 0.717) is 23.7 Å². The van der Waals surface area contributed by atoms with Gasteiger partial charge < -0.3 is 9.47 Å². The lowest BCUT2D eigenvalue weighted by atomic mass is 10.1. The molecule has 4 nitrogen and oxygen atoms in total. The van der Waals surface area contributed by atoms with Crippen LogP contribution >= 0.6 is 11.3 Å². The predicted octanol–water partition coefficient (Wildman–Crippen LogP) is 5.42. The minimum absolute atomic E-state index is 0.419. The minimum Gasteiger partial charge on any atom is -0.493 e. The van der Waals surface area contributed by atoms with Crippen molar-refractivity contribution in [3.05, 3.63) is 77.9 Å². The SMILES string of the molecule is COc1cc(C#N)c(-c2nc3ccccc3s2)cc1OCc1ccccc1. The van der Waals surface area contributed by atoms with Gasteiger partial charge in [0, 0.05) is 11.6 Å². The van der Waals surface area contributed by atoms with Crippen molar-refractivity contribution in [2.24, 2.45) is 0 Å².